The largest absolute Gasteiger partial charge is 0.379 e. The van der Waals surface area contributed by atoms with E-state index in [1.54, 1.807) is 0 Å². The molecule has 7 heteroatoms. The molecule has 0 bridgehead atoms. The van der Waals surface area contributed by atoms with E-state index in [2.05, 4.69) is 14.4 Å². The smallest absolute Gasteiger partial charge is 0.164 e. The van der Waals surface area contributed by atoms with Crippen LogP contribution in [0.2, 0.25) is 0 Å². The van der Waals surface area contributed by atoms with Crippen LogP contribution in [0.1, 0.15) is 33.6 Å². The summed E-state index contributed by atoms with van der Waals surface area (Å²) in [5.41, 5.74) is 3.60. The molecule has 1 aromatic heterocycles. The monoisotopic (exact) mass is 463 g/mol. The highest BCUT2D eigenvalue weighted by Crippen LogP contribution is 2.30. The minimum absolute atomic E-state index is 0.156. The van der Waals surface area contributed by atoms with Crippen molar-refractivity contribution in [3.05, 3.63) is 47.5 Å². The van der Waals surface area contributed by atoms with Crippen LogP contribution >= 0.6 is 0 Å². The van der Waals surface area contributed by atoms with Crippen LogP contribution in [0.5, 0.6) is 0 Å². The molecule has 0 radical (unpaired) electrons. The molecule has 2 aromatic carbocycles. The first-order chi connectivity index (χ1) is 16.6. The lowest BCUT2D eigenvalue weighted by Gasteiger charge is -2.26. The Morgan fingerprint density at radius 1 is 0.706 bits per heavy atom. The Labute approximate surface area is 200 Å². The first kappa shape index (κ1) is 23.2. The highest BCUT2D eigenvalue weighted by Gasteiger charge is 2.17. The molecule has 2 aliphatic heterocycles. The molecule has 180 valence electrons. The van der Waals surface area contributed by atoms with E-state index in [1.165, 1.54) is 0 Å². The number of aromatic nitrogens is 1. The van der Waals surface area contributed by atoms with Crippen molar-refractivity contribution in [2.75, 3.05) is 65.7 Å². The number of fused-ring (bicyclic) bond motifs is 3. The number of carbonyl (C=O) groups is 2. The molecule has 3 aromatic rings. The average molecular weight is 464 g/mol. The summed E-state index contributed by atoms with van der Waals surface area (Å²) in [6.45, 7) is 8.03. The van der Waals surface area contributed by atoms with Gasteiger partial charge in [0.15, 0.2) is 11.6 Å². The topological polar surface area (TPSA) is 64.0 Å². The number of ketones is 2. The number of Topliss-reactive ketones (excluding diaryl/α,β-unsaturated/α-hetero) is 2. The van der Waals surface area contributed by atoms with E-state index < -0.39 is 0 Å². The predicted molar refractivity (Wildman–Crippen MR) is 133 cm³/mol. The first-order valence-corrected chi connectivity index (χ1v) is 12.3. The number of rotatable bonds is 8. The van der Waals surface area contributed by atoms with Gasteiger partial charge in [0.1, 0.15) is 0 Å². The van der Waals surface area contributed by atoms with E-state index in [4.69, 9.17) is 9.47 Å². The quantitative estimate of drug-likeness (QED) is 0.479. The van der Waals surface area contributed by atoms with Gasteiger partial charge in [-0.3, -0.25) is 19.4 Å². The molecule has 0 saturated carbocycles. The number of morpholine rings is 2. The van der Waals surface area contributed by atoms with Gasteiger partial charge < -0.3 is 14.0 Å². The summed E-state index contributed by atoms with van der Waals surface area (Å²) in [6.07, 6.45) is 1.00. The molecule has 3 heterocycles. The van der Waals surface area contributed by atoms with Gasteiger partial charge in [-0.05, 0) is 36.4 Å². The average Bonchev–Trinajstić information content (AvgIpc) is 3.17. The molecule has 34 heavy (non-hydrogen) atoms. The van der Waals surface area contributed by atoms with Gasteiger partial charge in [0.05, 0.1) is 26.4 Å². The Morgan fingerprint density at radius 2 is 1.12 bits per heavy atom. The van der Waals surface area contributed by atoms with Gasteiger partial charge in [0, 0.05) is 92.1 Å². The number of aryl methyl sites for hydroxylation is 1. The highest BCUT2D eigenvalue weighted by molar-refractivity contribution is 6.13. The number of benzene rings is 2. The molecular formula is C27H33N3O4. The third-order valence-corrected chi connectivity index (χ3v) is 7.17. The molecule has 7 nitrogen and oxygen atoms in total. The fourth-order valence-corrected chi connectivity index (χ4v) is 5.02. The molecule has 2 aliphatic rings. The molecule has 2 saturated heterocycles. The zero-order chi connectivity index (χ0) is 23.5. The van der Waals surface area contributed by atoms with Crippen LogP contribution in [-0.4, -0.2) is 91.6 Å². The second-order valence-electron chi connectivity index (χ2n) is 9.28. The number of hydrogen-bond acceptors (Lipinski definition) is 6. The zero-order valence-corrected chi connectivity index (χ0v) is 19.9. The lowest BCUT2D eigenvalue weighted by molar-refractivity contribution is 0.0370. The molecule has 0 unspecified atom stereocenters. The van der Waals surface area contributed by atoms with Crippen LogP contribution < -0.4 is 0 Å². The normalized spacial score (nSPS) is 18.0. The molecule has 0 amide bonds. The lowest BCUT2D eigenvalue weighted by Crippen LogP contribution is -2.37. The Hall–Kier alpha value is -2.58. The van der Waals surface area contributed by atoms with Gasteiger partial charge in [-0.15, -0.1) is 0 Å². The van der Waals surface area contributed by atoms with Gasteiger partial charge in [-0.1, -0.05) is 0 Å². The van der Waals surface area contributed by atoms with Gasteiger partial charge in [0.25, 0.3) is 0 Å². The van der Waals surface area contributed by atoms with Crippen LogP contribution in [0, 0.1) is 0 Å². The summed E-state index contributed by atoms with van der Waals surface area (Å²) in [5, 5.41) is 2.05. The maximum absolute atomic E-state index is 13.0. The third-order valence-electron chi connectivity index (χ3n) is 7.17. The minimum Gasteiger partial charge on any atom is -0.379 e. The molecule has 0 N–H and O–H groups in total. The Kier molecular flexibility index (Phi) is 7.06. The molecule has 0 spiro atoms. The van der Waals surface area contributed by atoms with Gasteiger partial charge in [-0.25, -0.2) is 0 Å². The summed E-state index contributed by atoms with van der Waals surface area (Å²) >= 11 is 0. The number of ether oxygens (including phenoxy) is 2. The van der Waals surface area contributed by atoms with Gasteiger partial charge in [-0.2, -0.15) is 0 Å². The second-order valence-corrected chi connectivity index (χ2v) is 9.28. The molecule has 0 aliphatic carbocycles. The van der Waals surface area contributed by atoms with Crippen molar-refractivity contribution in [3.63, 3.8) is 0 Å². The van der Waals surface area contributed by atoms with E-state index in [1.807, 2.05) is 43.4 Å². The van der Waals surface area contributed by atoms with E-state index in [0.29, 0.717) is 12.8 Å². The van der Waals surface area contributed by atoms with Crippen LogP contribution in [0.25, 0.3) is 21.8 Å². The van der Waals surface area contributed by atoms with E-state index in [0.717, 1.165) is 98.6 Å². The lowest BCUT2D eigenvalue weighted by atomic mass is 10.0. The van der Waals surface area contributed by atoms with E-state index in [9.17, 15) is 9.59 Å². The fourth-order valence-electron chi connectivity index (χ4n) is 5.02. The molecular weight excluding hydrogens is 430 g/mol. The Balaban J connectivity index is 1.35. The predicted octanol–water partition coefficient (Wildman–Crippen LogP) is 3.14. The van der Waals surface area contributed by atoms with Crippen LogP contribution in [0.3, 0.4) is 0 Å². The standard InChI is InChI=1S/C27H33N3O4/c1-28-24-4-2-20(26(31)6-8-29-10-14-33-15-11-29)18-22(24)23-19-21(3-5-25(23)28)27(32)7-9-30-12-16-34-17-13-30/h2-5,18-19H,6-17H2,1H3. The minimum atomic E-state index is 0.156. The van der Waals surface area contributed by atoms with Crippen LogP contribution in [0.4, 0.5) is 0 Å². The summed E-state index contributed by atoms with van der Waals surface area (Å²) < 4.78 is 12.9. The maximum Gasteiger partial charge on any atom is 0.164 e. The highest BCUT2D eigenvalue weighted by atomic mass is 16.5. The van der Waals surface area contributed by atoms with Crippen molar-refractivity contribution in [1.29, 1.82) is 0 Å². The van der Waals surface area contributed by atoms with E-state index in [-0.39, 0.29) is 11.6 Å². The summed E-state index contributed by atoms with van der Waals surface area (Å²) in [6, 6.07) is 11.9. The van der Waals surface area contributed by atoms with Crippen molar-refractivity contribution < 1.29 is 19.1 Å². The molecule has 5 rings (SSSR count). The van der Waals surface area contributed by atoms with Crippen LogP contribution in [-0.2, 0) is 16.5 Å². The molecule has 2 fully saturated rings. The Morgan fingerprint density at radius 3 is 1.53 bits per heavy atom. The second kappa shape index (κ2) is 10.4. The van der Waals surface area contributed by atoms with Crippen molar-refractivity contribution in [1.82, 2.24) is 14.4 Å². The zero-order valence-electron chi connectivity index (χ0n) is 19.9. The van der Waals surface area contributed by atoms with Gasteiger partial charge in [0.2, 0.25) is 0 Å². The number of nitrogens with zero attached hydrogens (tertiary/aromatic N) is 3. The first-order valence-electron chi connectivity index (χ1n) is 12.3. The van der Waals surface area contributed by atoms with Gasteiger partial charge >= 0.3 is 0 Å². The number of carbonyl (C=O) groups excluding carboxylic acids is 2. The van der Waals surface area contributed by atoms with Crippen molar-refractivity contribution >= 4 is 33.4 Å². The van der Waals surface area contributed by atoms with Crippen LogP contribution in [0.15, 0.2) is 36.4 Å². The maximum atomic E-state index is 13.0. The summed E-state index contributed by atoms with van der Waals surface area (Å²) in [4.78, 5) is 30.5. The SMILES string of the molecule is Cn1c2ccc(C(=O)CCN3CCOCC3)cc2c2cc(C(=O)CCN3CCOCC3)ccc21. The summed E-state index contributed by atoms with van der Waals surface area (Å²) in [5.74, 6) is 0.311. The van der Waals surface area contributed by atoms with E-state index >= 15 is 0 Å². The fraction of sp³-hybridized carbons (Fsp3) is 0.481. The van der Waals surface area contributed by atoms with Crippen molar-refractivity contribution in [2.24, 2.45) is 7.05 Å². The molecule has 0 atom stereocenters. The van der Waals surface area contributed by atoms with Crippen molar-refractivity contribution in [3.8, 4) is 0 Å². The Bertz CT molecular complexity index is 1100. The third kappa shape index (κ3) is 4.93. The number of hydrogen-bond donors (Lipinski definition) is 0. The van der Waals surface area contributed by atoms with Crippen molar-refractivity contribution in [2.45, 2.75) is 12.8 Å². The summed E-state index contributed by atoms with van der Waals surface area (Å²) in [7, 11) is 2.03.